The van der Waals surface area contributed by atoms with Crippen molar-refractivity contribution in [3.8, 4) is 0 Å². The van der Waals surface area contributed by atoms with E-state index in [9.17, 15) is 14.0 Å². The zero-order valence-electron chi connectivity index (χ0n) is 13.0. The highest BCUT2D eigenvalue weighted by molar-refractivity contribution is 9.10. The van der Waals surface area contributed by atoms with Gasteiger partial charge in [-0.15, -0.1) is 0 Å². The molecule has 0 bridgehead atoms. The Kier molecular flexibility index (Phi) is 4.66. The number of halogens is 2. The molecule has 0 radical (unpaired) electrons. The Hall–Kier alpha value is -2.21. The zero-order chi connectivity index (χ0) is 17.3. The minimum Gasteiger partial charge on any atom is -0.449 e. The average Bonchev–Trinajstić information content (AvgIpc) is 3.00. The third kappa shape index (κ3) is 3.19. The first-order valence-corrected chi connectivity index (χ1v) is 8.32. The van der Waals surface area contributed by atoms with Crippen LogP contribution in [0.5, 0.6) is 0 Å². The van der Waals surface area contributed by atoms with Crippen molar-refractivity contribution in [1.82, 2.24) is 0 Å². The van der Waals surface area contributed by atoms with Gasteiger partial charge < -0.3 is 9.64 Å². The lowest BCUT2D eigenvalue weighted by Gasteiger charge is -2.21. The van der Waals surface area contributed by atoms with Crippen LogP contribution in [0, 0.1) is 5.82 Å². The fourth-order valence-corrected chi connectivity index (χ4v) is 3.12. The minimum atomic E-state index is -0.959. The molecule has 0 fully saturated rings. The Bertz CT molecular complexity index is 809. The van der Waals surface area contributed by atoms with E-state index in [1.54, 1.807) is 4.90 Å². The van der Waals surface area contributed by atoms with Crippen LogP contribution in [0.15, 0.2) is 46.9 Å². The molecule has 1 heterocycles. The molecular weight excluding hydrogens is 377 g/mol. The van der Waals surface area contributed by atoms with Gasteiger partial charge in [-0.1, -0.05) is 18.2 Å². The molecule has 24 heavy (non-hydrogen) atoms. The van der Waals surface area contributed by atoms with Crippen LogP contribution in [0.3, 0.4) is 0 Å². The molecule has 0 saturated heterocycles. The molecule has 1 aliphatic heterocycles. The number of fused-ring (bicyclic) bond motifs is 1. The van der Waals surface area contributed by atoms with Gasteiger partial charge in [0.25, 0.3) is 5.91 Å². The number of ether oxygens (including phenoxy) is 1. The van der Waals surface area contributed by atoms with E-state index in [1.807, 2.05) is 24.3 Å². The molecule has 1 atom stereocenters. The fourth-order valence-electron chi connectivity index (χ4n) is 2.71. The van der Waals surface area contributed by atoms with Crippen LogP contribution in [-0.2, 0) is 16.0 Å². The number of rotatable bonds is 3. The van der Waals surface area contributed by atoms with E-state index < -0.39 is 17.9 Å². The molecule has 0 aromatic heterocycles. The Morgan fingerprint density at radius 3 is 2.79 bits per heavy atom. The summed E-state index contributed by atoms with van der Waals surface area (Å²) in [6, 6.07) is 11.4. The maximum Gasteiger partial charge on any atom is 0.340 e. The van der Waals surface area contributed by atoms with E-state index >= 15 is 0 Å². The van der Waals surface area contributed by atoms with E-state index in [4.69, 9.17) is 4.74 Å². The molecular formula is C18H15BrFNO3. The van der Waals surface area contributed by atoms with Crippen molar-refractivity contribution < 1.29 is 18.7 Å². The molecule has 0 saturated carbocycles. The number of para-hydroxylation sites is 1. The van der Waals surface area contributed by atoms with Crippen molar-refractivity contribution >= 4 is 33.5 Å². The average molecular weight is 392 g/mol. The molecule has 6 heteroatoms. The molecule has 0 N–H and O–H groups in total. The highest BCUT2D eigenvalue weighted by Gasteiger charge is 2.30. The number of hydrogen-bond acceptors (Lipinski definition) is 3. The van der Waals surface area contributed by atoms with Gasteiger partial charge in [0.15, 0.2) is 6.10 Å². The summed E-state index contributed by atoms with van der Waals surface area (Å²) < 4.78 is 19.0. The topological polar surface area (TPSA) is 46.6 Å². The van der Waals surface area contributed by atoms with Crippen molar-refractivity contribution in [2.75, 3.05) is 11.4 Å². The van der Waals surface area contributed by atoms with Crippen molar-refractivity contribution in [2.24, 2.45) is 0 Å². The summed E-state index contributed by atoms with van der Waals surface area (Å²) in [4.78, 5) is 26.4. The lowest BCUT2D eigenvalue weighted by molar-refractivity contribution is -0.126. The summed E-state index contributed by atoms with van der Waals surface area (Å²) in [5, 5.41) is 0. The summed E-state index contributed by atoms with van der Waals surface area (Å²) in [6.45, 7) is 2.08. The summed E-state index contributed by atoms with van der Waals surface area (Å²) in [6.07, 6.45) is -0.184. The largest absolute Gasteiger partial charge is 0.449 e. The van der Waals surface area contributed by atoms with Crippen LogP contribution >= 0.6 is 15.9 Å². The van der Waals surface area contributed by atoms with Crippen LogP contribution in [0.4, 0.5) is 10.1 Å². The van der Waals surface area contributed by atoms with Crippen molar-refractivity contribution in [3.63, 3.8) is 0 Å². The number of esters is 1. The monoisotopic (exact) mass is 391 g/mol. The second-order valence-electron chi connectivity index (χ2n) is 5.54. The van der Waals surface area contributed by atoms with E-state index in [-0.39, 0.29) is 11.5 Å². The number of nitrogens with zero attached hydrogens (tertiary/aromatic N) is 1. The molecule has 1 aliphatic rings. The summed E-state index contributed by atoms with van der Waals surface area (Å²) in [7, 11) is 0. The maximum atomic E-state index is 13.3. The van der Waals surface area contributed by atoms with Crippen LogP contribution in [0.1, 0.15) is 22.8 Å². The Labute approximate surface area is 147 Å². The molecule has 0 spiro atoms. The number of carbonyl (C=O) groups is 2. The molecule has 3 rings (SSSR count). The van der Waals surface area contributed by atoms with Crippen LogP contribution in [0.25, 0.3) is 0 Å². The molecule has 0 aliphatic carbocycles. The normalized spacial score (nSPS) is 14.2. The fraction of sp³-hybridized carbons (Fsp3) is 0.222. The SMILES string of the molecule is C[C@H](OC(=O)c1cc(F)ccc1Br)C(=O)N1CCc2ccccc21. The molecule has 124 valence electrons. The Balaban J connectivity index is 1.73. The number of anilines is 1. The van der Waals surface area contributed by atoms with Crippen LogP contribution < -0.4 is 4.90 Å². The maximum absolute atomic E-state index is 13.3. The van der Waals surface area contributed by atoms with E-state index in [1.165, 1.54) is 19.1 Å². The lowest BCUT2D eigenvalue weighted by atomic mass is 10.2. The zero-order valence-corrected chi connectivity index (χ0v) is 14.5. The van der Waals surface area contributed by atoms with Crippen molar-refractivity contribution in [2.45, 2.75) is 19.4 Å². The number of benzene rings is 2. The summed E-state index contributed by atoms with van der Waals surface area (Å²) >= 11 is 3.18. The van der Waals surface area contributed by atoms with Gasteiger partial charge in [0.2, 0.25) is 0 Å². The van der Waals surface area contributed by atoms with E-state index in [0.29, 0.717) is 11.0 Å². The van der Waals surface area contributed by atoms with Gasteiger partial charge in [-0.25, -0.2) is 9.18 Å². The highest BCUT2D eigenvalue weighted by Crippen LogP contribution is 2.28. The third-order valence-corrected chi connectivity index (χ3v) is 4.62. The van der Waals surface area contributed by atoms with Gasteiger partial charge in [0, 0.05) is 16.7 Å². The molecule has 4 nitrogen and oxygen atoms in total. The number of hydrogen-bond donors (Lipinski definition) is 0. The van der Waals surface area contributed by atoms with Gasteiger partial charge in [-0.2, -0.15) is 0 Å². The second-order valence-corrected chi connectivity index (χ2v) is 6.39. The highest BCUT2D eigenvalue weighted by atomic mass is 79.9. The van der Waals surface area contributed by atoms with Crippen molar-refractivity contribution in [3.05, 3.63) is 63.9 Å². The van der Waals surface area contributed by atoms with E-state index in [0.717, 1.165) is 23.7 Å². The summed E-state index contributed by atoms with van der Waals surface area (Å²) in [5.41, 5.74) is 1.99. The van der Waals surface area contributed by atoms with Gasteiger partial charge in [-0.05, 0) is 59.1 Å². The second kappa shape index (κ2) is 6.73. The molecule has 0 unspecified atom stereocenters. The van der Waals surface area contributed by atoms with Crippen molar-refractivity contribution in [1.29, 1.82) is 0 Å². The molecule has 1 amide bonds. The third-order valence-electron chi connectivity index (χ3n) is 3.93. The minimum absolute atomic E-state index is 0.0523. The summed E-state index contributed by atoms with van der Waals surface area (Å²) in [5.74, 6) is -1.58. The Morgan fingerprint density at radius 1 is 1.25 bits per heavy atom. The van der Waals surface area contributed by atoms with Gasteiger partial charge in [0.1, 0.15) is 5.82 Å². The smallest absolute Gasteiger partial charge is 0.340 e. The predicted octanol–water partition coefficient (Wildman–Crippen LogP) is 3.72. The van der Waals surface area contributed by atoms with Gasteiger partial charge in [0.05, 0.1) is 5.56 Å². The van der Waals surface area contributed by atoms with Gasteiger partial charge >= 0.3 is 5.97 Å². The predicted molar refractivity (Wildman–Crippen MR) is 91.5 cm³/mol. The molecule has 2 aromatic carbocycles. The first-order chi connectivity index (χ1) is 11.5. The Morgan fingerprint density at radius 2 is 2.00 bits per heavy atom. The van der Waals surface area contributed by atoms with Crippen LogP contribution in [0.2, 0.25) is 0 Å². The van der Waals surface area contributed by atoms with Crippen LogP contribution in [-0.4, -0.2) is 24.5 Å². The number of amides is 1. The lowest BCUT2D eigenvalue weighted by Crippen LogP contribution is -2.39. The van der Waals surface area contributed by atoms with Gasteiger partial charge in [-0.3, -0.25) is 4.79 Å². The molecule has 2 aromatic rings. The standard InChI is InChI=1S/C18H15BrFNO3/c1-11(24-18(23)14-10-13(20)6-7-15(14)19)17(22)21-9-8-12-4-2-3-5-16(12)21/h2-7,10-11H,8-9H2,1H3/t11-/m0/s1. The first kappa shape index (κ1) is 16.6. The van der Waals surface area contributed by atoms with E-state index in [2.05, 4.69) is 15.9 Å². The first-order valence-electron chi connectivity index (χ1n) is 7.52. The number of carbonyl (C=O) groups excluding carboxylic acids is 2. The quantitative estimate of drug-likeness (QED) is 0.749.